The van der Waals surface area contributed by atoms with Crippen LogP contribution in [0.3, 0.4) is 0 Å². The van der Waals surface area contributed by atoms with Gasteiger partial charge in [-0.05, 0) is 66.4 Å². The molecular formula is C40H36N4O3S. The quantitative estimate of drug-likeness (QED) is 0.195. The smallest absolute Gasteiger partial charge is 0.234 e. The van der Waals surface area contributed by atoms with Gasteiger partial charge in [0.25, 0.3) is 0 Å². The molecule has 0 bridgehead atoms. The van der Waals surface area contributed by atoms with Gasteiger partial charge in [0.15, 0.2) is 9.84 Å². The summed E-state index contributed by atoms with van der Waals surface area (Å²) in [6, 6.07) is 44.4. The molecule has 2 aliphatic heterocycles. The first-order chi connectivity index (χ1) is 23.3. The molecule has 2 fully saturated rings. The zero-order valence-electron chi connectivity index (χ0n) is 26.7. The highest BCUT2D eigenvalue weighted by Gasteiger charge is 2.49. The maximum Gasteiger partial charge on any atom is 0.234 e. The van der Waals surface area contributed by atoms with Crippen LogP contribution in [0.15, 0.2) is 138 Å². The molecule has 1 N–H and O–H groups in total. The van der Waals surface area contributed by atoms with Gasteiger partial charge in [0, 0.05) is 36.0 Å². The molecule has 240 valence electrons. The second-order valence-electron chi connectivity index (χ2n) is 13.0. The Bertz CT molecular complexity index is 2130. The Morgan fingerprint density at radius 2 is 1.33 bits per heavy atom. The molecule has 3 heterocycles. The van der Waals surface area contributed by atoms with Gasteiger partial charge >= 0.3 is 0 Å². The van der Waals surface area contributed by atoms with E-state index in [9.17, 15) is 13.2 Å². The zero-order chi connectivity index (χ0) is 32.9. The summed E-state index contributed by atoms with van der Waals surface area (Å²) in [6.07, 6.45) is 2.90. The number of hydrogen-bond acceptors (Lipinski definition) is 5. The molecule has 0 aliphatic carbocycles. The number of amides is 1. The topological polar surface area (TPSA) is 84.3 Å². The highest BCUT2D eigenvalue weighted by atomic mass is 32.2. The molecule has 1 amide bonds. The molecule has 48 heavy (non-hydrogen) atoms. The van der Waals surface area contributed by atoms with Crippen molar-refractivity contribution in [2.75, 3.05) is 30.8 Å². The van der Waals surface area contributed by atoms with Crippen molar-refractivity contribution in [3.63, 3.8) is 0 Å². The Labute approximate surface area is 280 Å². The van der Waals surface area contributed by atoms with E-state index in [0.717, 1.165) is 58.2 Å². The Kier molecular flexibility index (Phi) is 7.31. The fourth-order valence-corrected chi connectivity index (χ4v) is 8.34. The lowest BCUT2D eigenvalue weighted by Crippen LogP contribution is -2.38. The van der Waals surface area contributed by atoms with Crippen LogP contribution in [0, 0.1) is 5.41 Å². The first-order valence-electron chi connectivity index (χ1n) is 16.3. The third kappa shape index (κ3) is 4.78. The Morgan fingerprint density at radius 1 is 0.750 bits per heavy atom. The minimum Gasteiger partial charge on any atom is -0.316 e. The molecule has 0 unspecified atom stereocenters. The molecule has 2 aliphatic rings. The van der Waals surface area contributed by atoms with E-state index in [0.29, 0.717) is 18.8 Å². The molecule has 1 aromatic heterocycles. The van der Waals surface area contributed by atoms with Crippen molar-refractivity contribution < 1.29 is 13.2 Å². The van der Waals surface area contributed by atoms with Gasteiger partial charge in [-0.1, -0.05) is 103 Å². The maximum absolute atomic E-state index is 13.9. The number of sulfone groups is 1. The minimum absolute atomic E-state index is 0.172. The average molecular weight is 653 g/mol. The fraction of sp³-hybridized carbons (Fsp3) is 0.200. The predicted molar refractivity (Wildman–Crippen MR) is 190 cm³/mol. The van der Waals surface area contributed by atoms with Gasteiger partial charge in [-0.15, -0.1) is 0 Å². The third-order valence-electron chi connectivity index (χ3n) is 10.2. The number of rotatable bonds is 7. The van der Waals surface area contributed by atoms with Crippen LogP contribution in [0.25, 0.3) is 22.2 Å². The van der Waals surface area contributed by atoms with E-state index < -0.39 is 15.4 Å². The first-order valence-corrected chi connectivity index (χ1v) is 18.2. The second kappa shape index (κ2) is 11.6. The monoisotopic (exact) mass is 652 g/mol. The van der Waals surface area contributed by atoms with E-state index in [4.69, 9.17) is 5.10 Å². The molecule has 1 atom stereocenters. The standard InChI is InChI=1S/C40H36N4O3S/c1-48(46,47)34-20-17-29(18-21-34)37-35-27-33(43-26-24-39(38(43)45)23-25-41-28-39)19-22-36(35)44(42-37)40(30-11-5-2-6-12-30,31-13-7-3-8-14-31)32-15-9-4-10-16-32/h2-22,27,41H,23-26,28H2,1H3/t39-/m0/s1. The first kappa shape index (κ1) is 30.3. The van der Waals surface area contributed by atoms with Gasteiger partial charge in [-0.25, -0.2) is 13.1 Å². The molecule has 6 aromatic rings. The van der Waals surface area contributed by atoms with Crippen molar-refractivity contribution in [3.8, 4) is 11.3 Å². The SMILES string of the molecule is CS(=O)(=O)c1ccc(-c2nn(C(c3ccccc3)(c3ccccc3)c3ccccc3)c3ccc(N4CC[C@]5(CCNC5)C4=O)cc23)cc1. The number of carbonyl (C=O) groups excluding carboxylic acids is 1. The van der Waals surface area contributed by atoms with E-state index in [-0.39, 0.29) is 16.2 Å². The number of nitrogens with one attached hydrogen (secondary N) is 1. The number of hydrogen-bond donors (Lipinski definition) is 1. The lowest BCUT2D eigenvalue weighted by molar-refractivity contribution is -0.124. The van der Waals surface area contributed by atoms with E-state index in [1.807, 2.05) is 41.3 Å². The fourth-order valence-electron chi connectivity index (χ4n) is 7.71. The summed E-state index contributed by atoms with van der Waals surface area (Å²) in [5, 5.41) is 9.74. The third-order valence-corrected chi connectivity index (χ3v) is 11.3. The van der Waals surface area contributed by atoms with Gasteiger partial charge in [-0.2, -0.15) is 5.10 Å². The van der Waals surface area contributed by atoms with Crippen LogP contribution in [-0.2, 0) is 20.2 Å². The number of anilines is 1. The number of aromatic nitrogens is 2. The molecule has 0 radical (unpaired) electrons. The Morgan fingerprint density at radius 3 is 1.85 bits per heavy atom. The highest BCUT2D eigenvalue weighted by Crippen LogP contribution is 2.46. The van der Waals surface area contributed by atoms with Crippen molar-refractivity contribution in [3.05, 3.63) is 150 Å². The van der Waals surface area contributed by atoms with Crippen LogP contribution in [0.5, 0.6) is 0 Å². The maximum atomic E-state index is 13.9. The van der Waals surface area contributed by atoms with Gasteiger partial charge in [0.05, 0.1) is 15.8 Å². The van der Waals surface area contributed by atoms with Gasteiger partial charge in [0.1, 0.15) is 11.2 Å². The van der Waals surface area contributed by atoms with Crippen molar-refractivity contribution in [2.45, 2.75) is 23.3 Å². The number of fused-ring (bicyclic) bond motifs is 1. The summed E-state index contributed by atoms with van der Waals surface area (Å²) in [7, 11) is -3.38. The lowest BCUT2D eigenvalue weighted by atomic mass is 9.77. The Hall–Kier alpha value is -5.05. The van der Waals surface area contributed by atoms with Crippen molar-refractivity contribution in [1.82, 2.24) is 15.1 Å². The summed E-state index contributed by atoms with van der Waals surface area (Å²) in [5.41, 5.74) is 5.15. The van der Waals surface area contributed by atoms with E-state index in [2.05, 4.69) is 94.9 Å². The normalized spacial score (nSPS) is 18.3. The molecular weight excluding hydrogens is 617 g/mol. The lowest BCUT2D eigenvalue weighted by Gasteiger charge is -2.37. The van der Waals surface area contributed by atoms with E-state index in [1.54, 1.807) is 12.1 Å². The molecule has 7 nitrogen and oxygen atoms in total. The molecule has 8 rings (SSSR count). The van der Waals surface area contributed by atoms with Crippen molar-refractivity contribution in [1.29, 1.82) is 0 Å². The second-order valence-corrected chi connectivity index (χ2v) is 15.0. The van der Waals surface area contributed by atoms with Gasteiger partial charge in [0.2, 0.25) is 5.91 Å². The van der Waals surface area contributed by atoms with Gasteiger partial charge < -0.3 is 10.2 Å². The minimum atomic E-state index is -3.38. The number of benzene rings is 5. The van der Waals surface area contributed by atoms with Crippen molar-refractivity contribution >= 4 is 32.3 Å². The largest absolute Gasteiger partial charge is 0.316 e. The average Bonchev–Trinajstić information content (AvgIpc) is 3.84. The molecule has 8 heteroatoms. The van der Waals surface area contributed by atoms with Crippen LogP contribution >= 0.6 is 0 Å². The number of nitrogens with zero attached hydrogens (tertiary/aromatic N) is 3. The van der Waals surface area contributed by atoms with Crippen LogP contribution in [-0.4, -0.2) is 50.0 Å². The van der Waals surface area contributed by atoms with E-state index >= 15 is 0 Å². The summed E-state index contributed by atoms with van der Waals surface area (Å²) in [5.74, 6) is 0.172. The zero-order valence-corrected chi connectivity index (χ0v) is 27.5. The van der Waals surface area contributed by atoms with Gasteiger partial charge in [-0.3, -0.25) is 4.79 Å². The van der Waals surface area contributed by atoms with Crippen LogP contribution in [0.4, 0.5) is 5.69 Å². The van der Waals surface area contributed by atoms with Crippen LogP contribution in [0.2, 0.25) is 0 Å². The summed E-state index contributed by atoms with van der Waals surface area (Å²) < 4.78 is 26.8. The number of carbonyl (C=O) groups is 1. The summed E-state index contributed by atoms with van der Waals surface area (Å²) >= 11 is 0. The van der Waals surface area contributed by atoms with E-state index in [1.165, 1.54) is 6.26 Å². The molecule has 0 saturated carbocycles. The molecule has 2 saturated heterocycles. The van der Waals surface area contributed by atoms with Crippen molar-refractivity contribution in [2.24, 2.45) is 5.41 Å². The Balaban J connectivity index is 1.42. The van der Waals surface area contributed by atoms with Crippen LogP contribution in [0.1, 0.15) is 29.5 Å². The molecule has 1 spiro atoms. The highest BCUT2D eigenvalue weighted by molar-refractivity contribution is 7.90. The summed E-state index contributed by atoms with van der Waals surface area (Å²) in [6.45, 7) is 2.24. The van der Waals surface area contributed by atoms with Crippen LogP contribution < -0.4 is 10.2 Å². The summed E-state index contributed by atoms with van der Waals surface area (Å²) in [4.78, 5) is 16.1. The predicted octanol–water partition coefficient (Wildman–Crippen LogP) is 6.66. The molecule has 5 aromatic carbocycles.